The van der Waals surface area contributed by atoms with E-state index in [1.165, 1.54) is 0 Å². The van der Waals surface area contributed by atoms with E-state index in [0.717, 1.165) is 22.4 Å². The van der Waals surface area contributed by atoms with Crippen LogP contribution < -0.4 is 4.74 Å². The molecule has 1 aliphatic rings. The van der Waals surface area contributed by atoms with Crippen molar-refractivity contribution in [3.8, 4) is 5.75 Å². The van der Waals surface area contributed by atoms with Gasteiger partial charge in [0.15, 0.2) is 0 Å². The van der Waals surface area contributed by atoms with Crippen molar-refractivity contribution >= 4 is 12.0 Å². The van der Waals surface area contributed by atoms with Gasteiger partial charge >= 0.3 is 0 Å². The molecule has 0 aliphatic carbocycles. The van der Waals surface area contributed by atoms with E-state index < -0.39 is 0 Å². The molecule has 1 aliphatic heterocycles. The van der Waals surface area contributed by atoms with Crippen molar-refractivity contribution in [1.29, 1.82) is 0 Å². The van der Waals surface area contributed by atoms with Crippen LogP contribution in [-0.2, 0) is 22.6 Å². The third kappa shape index (κ3) is 4.28. The summed E-state index contributed by atoms with van der Waals surface area (Å²) in [6.45, 7) is 5.61. The second-order valence-corrected chi connectivity index (χ2v) is 6.18. The standard InChI is InChI=1S/C21H23NO3/c1-3-16-9-10-20(25-15-17-7-5-4-6-8-17)18(11-16)12-21(23)22-13-19(14-22)24-2/h3-11,19H,1,12-15H2,2H3. The molecule has 0 saturated carbocycles. The Bertz CT molecular complexity index is 736. The molecule has 0 radical (unpaired) electrons. The molecule has 2 aromatic rings. The van der Waals surface area contributed by atoms with Crippen molar-refractivity contribution in [3.63, 3.8) is 0 Å². The summed E-state index contributed by atoms with van der Waals surface area (Å²) in [6.07, 6.45) is 2.26. The number of ether oxygens (including phenoxy) is 2. The third-order valence-electron chi connectivity index (χ3n) is 4.43. The molecule has 1 heterocycles. The van der Waals surface area contributed by atoms with Crippen LogP contribution in [0.1, 0.15) is 16.7 Å². The van der Waals surface area contributed by atoms with Crippen LogP contribution in [-0.4, -0.2) is 37.1 Å². The molecule has 3 rings (SSSR count). The Kier molecular flexibility index (Phi) is 5.51. The molecule has 4 heteroatoms. The molecule has 1 fully saturated rings. The minimum absolute atomic E-state index is 0.0964. The maximum atomic E-state index is 12.5. The van der Waals surface area contributed by atoms with Crippen molar-refractivity contribution in [2.24, 2.45) is 0 Å². The lowest BCUT2D eigenvalue weighted by molar-refractivity contribution is -0.142. The monoisotopic (exact) mass is 337 g/mol. The predicted molar refractivity (Wildman–Crippen MR) is 98.4 cm³/mol. The summed E-state index contributed by atoms with van der Waals surface area (Å²) >= 11 is 0. The minimum atomic E-state index is 0.0964. The van der Waals surface area contributed by atoms with Gasteiger partial charge in [0.1, 0.15) is 12.4 Å². The lowest BCUT2D eigenvalue weighted by Crippen LogP contribution is -2.54. The van der Waals surface area contributed by atoms with Crippen LogP contribution in [0.25, 0.3) is 6.08 Å². The summed E-state index contributed by atoms with van der Waals surface area (Å²) in [5.41, 5.74) is 2.96. The fourth-order valence-electron chi connectivity index (χ4n) is 2.81. The first kappa shape index (κ1) is 17.2. The number of likely N-dealkylation sites (tertiary alicyclic amines) is 1. The van der Waals surface area contributed by atoms with Gasteiger partial charge in [-0.25, -0.2) is 0 Å². The predicted octanol–water partition coefficient (Wildman–Crippen LogP) is 3.31. The van der Waals surface area contributed by atoms with Crippen LogP contribution in [0.3, 0.4) is 0 Å². The Balaban J connectivity index is 1.70. The fraction of sp³-hybridized carbons (Fsp3) is 0.286. The summed E-state index contributed by atoms with van der Waals surface area (Å²) in [4.78, 5) is 14.3. The second-order valence-electron chi connectivity index (χ2n) is 6.18. The molecular formula is C21H23NO3. The maximum Gasteiger partial charge on any atom is 0.227 e. The van der Waals surface area contributed by atoms with Gasteiger partial charge in [-0.3, -0.25) is 4.79 Å². The molecule has 0 atom stereocenters. The van der Waals surface area contributed by atoms with Crippen molar-refractivity contribution < 1.29 is 14.3 Å². The van der Waals surface area contributed by atoms with Crippen molar-refractivity contribution in [1.82, 2.24) is 4.90 Å². The van der Waals surface area contributed by atoms with Crippen LogP contribution in [0.5, 0.6) is 5.75 Å². The molecule has 25 heavy (non-hydrogen) atoms. The Morgan fingerprint density at radius 1 is 1.24 bits per heavy atom. The zero-order chi connectivity index (χ0) is 17.6. The number of hydrogen-bond acceptors (Lipinski definition) is 3. The largest absolute Gasteiger partial charge is 0.489 e. The quantitative estimate of drug-likeness (QED) is 0.778. The second kappa shape index (κ2) is 7.99. The first-order valence-corrected chi connectivity index (χ1v) is 8.42. The Labute approximate surface area is 148 Å². The molecule has 0 aromatic heterocycles. The van der Waals surface area contributed by atoms with E-state index in [1.807, 2.05) is 53.4 Å². The van der Waals surface area contributed by atoms with Crippen LogP contribution in [0.4, 0.5) is 0 Å². The van der Waals surface area contributed by atoms with Crippen LogP contribution >= 0.6 is 0 Å². The number of amides is 1. The van der Waals surface area contributed by atoms with E-state index in [2.05, 4.69) is 6.58 Å². The van der Waals surface area contributed by atoms with E-state index in [1.54, 1.807) is 13.2 Å². The number of methoxy groups -OCH3 is 1. The van der Waals surface area contributed by atoms with Gasteiger partial charge in [0.25, 0.3) is 0 Å². The molecule has 1 saturated heterocycles. The van der Waals surface area contributed by atoms with E-state index in [-0.39, 0.29) is 12.0 Å². The number of rotatable bonds is 7. The van der Waals surface area contributed by atoms with Gasteiger partial charge in [-0.2, -0.15) is 0 Å². The molecule has 0 bridgehead atoms. The van der Waals surface area contributed by atoms with Gasteiger partial charge in [-0.15, -0.1) is 0 Å². The number of carbonyl (C=O) groups excluding carboxylic acids is 1. The topological polar surface area (TPSA) is 38.8 Å². The van der Waals surface area contributed by atoms with Crippen LogP contribution in [0.15, 0.2) is 55.1 Å². The molecule has 0 spiro atoms. The maximum absolute atomic E-state index is 12.5. The summed E-state index contributed by atoms with van der Waals surface area (Å²) in [5.74, 6) is 0.839. The number of hydrogen-bond donors (Lipinski definition) is 0. The van der Waals surface area contributed by atoms with E-state index in [0.29, 0.717) is 26.1 Å². The summed E-state index contributed by atoms with van der Waals surface area (Å²) in [6, 6.07) is 15.8. The van der Waals surface area contributed by atoms with Gasteiger partial charge in [-0.05, 0) is 23.3 Å². The van der Waals surface area contributed by atoms with Gasteiger partial charge in [0, 0.05) is 25.8 Å². The lowest BCUT2D eigenvalue weighted by atomic mass is 10.0. The summed E-state index contributed by atoms with van der Waals surface area (Å²) in [7, 11) is 1.68. The SMILES string of the molecule is C=Cc1ccc(OCc2ccccc2)c(CC(=O)N2CC(OC)C2)c1. The van der Waals surface area contributed by atoms with Crippen molar-refractivity contribution in [3.05, 3.63) is 71.8 Å². The minimum Gasteiger partial charge on any atom is -0.489 e. The Morgan fingerprint density at radius 3 is 2.68 bits per heavy atom. The summed E-state index contributed by atoms with van der Waals surface area (Å²) < 4.78 is 11.2. The molecular weight excluding hydrogens is 314 g/mol. The Morgan fingerprint density at radius 2 is 2.00 bits per heavy atom. The highest BCUT2D eigenvalue weighted by atomic mass is 16.5. The van der Waals surface area contributed by atoms with Crippen LogP contribution in [0.2, 0.25) is 0 Å². The molecule has 130 valence electrons. The van der Waals surface area contributed by atoms with Crippen molar-refractivity contribution in [2.45, 2.75) is 19.1 Å². The van der Waals surface area contributed by atoms with E-state index >= 15 is 0 Å². The molecule has 1 amide bonds. The van der Waals surface area contributed by atoms with Gasteiger partial charge in [0.05, 0.1) is 12.5 Å². The highest BCUT2D eigenvalue weighted by Crippen LogP contribution is 2.24. The molecule has 2 aromatic carbocycles. The van der Waals surface area contributed by atoms with Gasteiger partial charge < -0.3 is 14.4 Å². The molecule has 4 nitrogen and oxygen atoms in total. The highest BCUT2D eigenvalue weighted by molar-refractivity contribution is 5.80. The zero-order valence-electron chi connectivity index (χ0n) is 14.5. The average Bonchev–Trinajstić information content (AvgIpc) is 2.60. The lowest BCUT2D eigenvalue weighted by Gasteiger charge is -2.38. The fourth-order valence-corrected chi connectivity index (χ4v) is 2.81. The van der Waals surface area contributed by atoms with Gasteiger partial charge in [0.2, 0.25) is 5.91 Å². The molecule has 0 N–H and O–H groups in total. The van der Waals surface area contributed by atoms with Gasteiger partial charge in [-0.1, -0.05) is 49.1 Å². The third-order valence-corrected chi connectivity index (χ3v) is 4.43. The average molecular weight is 337 g/mol. The van der Waals surface area contributed by atoms with Crippen LogP contribution in [0, 0.1) is 0 Å². The van der Waals surface area contributed by atoms with Crippen molar-refractivity contribution in [2.75, 3.05) is 20.2 Å². The molecule has 0 unspecified atom stereocenters. The first-order valence-electron chi connectivity index (χ1n) is 8.42. The normalized spacial score (nSPS) is 14.0. The first-order chi connectivity index (χ1) is 12.2. The Hall–Kier alpha value is -2.59. The van der Waals surface area contributed by atoms with E-state index in [9.17, 15) is 4.79 Å². The van der Waals surface area contributed by atoms with E-state index in [4.69, 9.17) is 9.47 Å². The number of benzene rings is 2. The number of carbonyl (C=O) groups is 1. The smallest absolute Gasteiger partial charge is 0.227 e. The highest BCUT2D eigenvalue weighted by Gasteiger charge is 2.30. The zero-order valence-corrected chi connectivity index (χ0v) is 14.5. The summed E-state index contributed by atoms with van der Waals surface area (Å²) in [5, 5.41) is 0. The number of nitrogens with zero attached hydrogens (tertiary/aromatic N) is 1.